The lowest BCUT2D eigenvalue weighted by atomic mass is 9.64. The number of benzene rings is 1. The second kappa shape index (κ2) is 5.34. The van der Waals surface area contributed by atoms with Crippen molar-refractivity contribution < 1.29 is 41.3 Å². The lowest BCUT2D eigenvalue weighted by molar-refractivity contribution is -0.976. The first kappa shape index (κ1) is 17.1. The normalized spacial score (nSPS) is 42.6. The molecule has 0 spiro atoms. The van der Waals surface area contributed by atoms with Gasteiger partial charge in [-0.3, -0.25) is 4.48 Å². The molecule has 0 amide bonds. The van der Waals surface area contributed by atoms with Crippen molar-refractivity contribution in [1.29, 1.82) is 0 Å². The Hall–Kier alpha value is -1.31. The Labute approximate surface area is 152 Å². The molecular weight excluding hydrogens is 346 g/mol. The molecule has 6 atom stereocenters. The molecular formula is C18H22ClNO5. The average molecular weight is 368 g/mol. The average Bonchev–Trinajstić information content (AvgIpc) is 3.12. The van der Waals surface area contributed by atoms with Gasteiger partial charge in [0.2, 0.25) is 13.0 Å². The van der Waals surface area contributed by atoms with Gasteiger partial charge in [0.15, 0.2) is 11.5 Å². The fourth-order valence-corrected chi connectivity index (χ4v) is 5.34. The van der Waals surface area contributed by atoms with Crippen LogP contribution in [-0.4, -0.2) is 60.4 Å². The van der Waals surface area contributed by atoms with Crippen LogP contribution in [0.1, 0.15) is 23.8 Å². The summed E-state index contributed by atoms with van der Waals surface area (Å²) in [6, 6.07) is 3.89. The molecule has 1 saturated heterocycles. The van der Waals surface area contributed by atoms with Gasteiger partial charge in [0, 0.05) is 19.1 Å². The number of nitrogens with zero attached hydrogens (tertiary/aromatic N) is 1. The molecule has 3 aliphatic heterocycles. The number of aliphatic hydroxyl groups is 2. The van der Waals surface area contributed by atoms with E-state index >= 15 is 0 Å². The molecule has 5 rings (SSSR count). The molecule has 1 aromatic rings. The summed E-state index contributed by atoms with van der Waals surface area (Å²) >= 11 is 0. The third-order valence-corrected chi connectivity index (χ3v) is 6.57. The number of aliphatic hydroxyl groups excluding tert-OH is 2. The van der Waals surface area contributed by atoms with Crippen molar-refractivity contribution in [2.24, 2.45) is 0 Å². The summed E-state index contributed by atoms with van der Waals surface area (Å²) in [4.78, 5) is 0. The molecule has 6 nitrogen and oxygen atoms in total. The van der Waals surface area contributed by atoms with Crippen molar-refractivity contribution in [3.8, 4) is 11.5 Å². The fourth-order valence-electron chi connectivity index (χ4n) is 5.34. The first-order valence-electron chi connectivity index (χ1n) is 8.38. The van der Waals surface area contributed by atoms with Crippen molar-refractivity contribution in [3.05, 3.63) is 35.4 Å². The van der Waals surface area contributed by atoms with Crippen LogP contribution >= 0.6 is 0 Å². The summed E-state index contributed by atoms with van der Waals surface area (Å²) in [5, 5.41) is 22.2. The number of rotatable bonds is 1. The molecule has 2 N–H and O–H groups in total. The number of ether oxygens (including phenoxy) is 3. The van der Waals surface area contributed by atoms with E-state index in [4.69, 9.17) is 14.2 Å². The molecule has 7 heteroatoms. The molecule has 0 saturated carbocycles. The van der Waals surface area contributed by atoms with Gasteiger partial charge >= 0.3 is 0 Å². The fraction of sp³-hybridized carbons (Fsp3) is 0.556. The first-order chi connectivity index (χ1) is 11.5. The van der Waals surface area contributed by atoms with E-state index in [0.717, 1.165) is 17.5 Å². The Bertz CT molecular complexity index is 755. The summed E-state index contributed by atoms with van der Waals surface area (Å²) in [6.45, 7) is 0.703. The predicted octanol–water partition coefficient (Wildman–Crippen LogP) is -2.17. The van der Waals surface area contributed by atoms with Gasteiger partial charge in [-0.25, -0.2) is 0 Å². The number of hydrogen-bond donors (Lipinski definition) is 2. The van der Waals surface area contributed by atoms with Crippen molar-refractivity contribution in [2.45, 2.75) is 36.3 Å². The molecule has 4 aliphatic rings. The van der Waals surface area contributed by atoms with E-state index in [1.165, 1.54) is 0 Å². The summed E-state index contributed by atoms with van der Waals surface area (Å²) in [5.41, 5.74) is 1.27. The largest absolute Gasteiger partial charge is 1.00 e. The first-order valence-corrected chi connectivity index (χ1v) is 8.38. The number of methoxy groups -OCH3 is 1. The van der Waals surface area contributed by atoms with Gasteiger partial charge in [-0.05, 0) is 17.7 Å². The van der Waals surface area contributed by atoms with Crippen LogP contribution in [0.15, 0.2) is 24.3 Å². The topological polar surface area (TPSA) is 68.2 Å². The molecule has 0 radical (unpaired) electrons. The molecule has 0 aromatic heterocycles. The highest BCUT2D eigenvalue weighted by atomic mass is 35.5. The van der Waals surface area contributed by atoms with Gasteiger partial charge in [0.25, 0.3) is 0 Å². The van der Waals surface area contributed by atoms with E-state index in [-0.39, 0.29) is 31.3 Å². The Morgan fingerprint density at radius 1 is 1.24 bits per heavy atom. The highest BCUT2D eigenvalue weighted by Gasteiger charge is 2.69. The van der Waals surface area contributed by atoms with Crippen molar-refractivity contribution in [2.75, 3.05) is 27.5 Å². The second-order valence-corrected chi connectivity index (χ2v) is 7.53. The van der Waals surface area contributed by atoms with Crippen LogP contribution in [0.5, 0.6) is 11.5 Å². The van der Waals surface area contributed by atoms with Gasteiger partial charge in [-0.2, -0.15) is 0 Å². The minimum atomic E-state index is -0.700. The van der Waals surface area contributed by atoms with Crippen molar-refractivity contribution in [3.63, 3.8) is 0 Å². The van der Waals surface area contributed by atoms with E-state index in [1.54, 1.807) is 7.11 Å². The SMILES string of the molecule is CO[C@@H]1C=C[C@@]23c4cc5c(cc4[C@H](O)[N@@+](C)(C[C@@H]2O)[C@H]3C1)OCO5.[Cl-]. The van der Waals surface area contributed by atoms with E-state index in [1.807, 2.05) is 25.3 Å². The Kier molecular flexibility index (Phi) is 3.66. The van der Waals surface area contributed by atoms with E-state index in [9.17, 15) is 10.2 Å². The predicted molar refractivity (Wildman–Crippen MR) is 84.6 cm³/mol. The maximum Gasteiger partial charge on any atom is 0.231 e. The number of halogens is 1. The Morgan fingerprint density at radius 3 is 2.68 bits per heavy atom. The standard InChI is InChI=1S/C18H22NO5.ClH/c1-19-8-16(20)18(4-3-10(22-2)5-15(18)19)12-7-14-13(23-9-24-14)6-11(12)17(19)21;/h3-4,6-7,10,15-17,20-21H,5,8-9H2,1-2H3;1H/q+1;/p-1/t10-,15+,16+,17+,18+,19+;/m1./s1. The molecule has 1 aromatic carbocycles. The van der Waals surface area contributed by atoms with E-state index < -0.39 is 17.7 Å². The number of hydrogen-bond acceptors (Lipinski definition) is 5. The van der Waals surface area contributed by atoms with Crippen molar-refractivity contribution >= 4 is 0 Å². The van der Waals surface area contributed by atoms with Crippen LogP contribution in [0.3, 0.4) is 0 Å². The summed E-state index contributed by atoms with van der Waals surface area (Å²) in [7, 11) is 3.73. The van der Waals surface area contributed by atoms with Gasteiger partial charge < -0.3 is 36.8 Å². The Balaban J connectivity index is 0.00000157. The lowest BCUT2D eigenvalue weighted by Crippen LogP contribution is -3.00. The van der Waals surface area contributed by atoms with E-state index in [2.05, 4.69) is 6.08 Å². The zero-order valence-corrected chi connectivity index (χ0v) is 14.9. The van der Waals surface area contributed by atoms with Gasteiger partial charge in [0.05, 0.1) is 18.6 Å². The summed E-state index contributed by atoms with van der Waals surface area (Å²) in [6.07, 6.45) is 3.66. The smallest absolute Gasteiger partial charge is 0.231 e. The Morgan fingerprint density at radius 2 is 1.96 bits per heavy atom. The minimum Gasteiger partial charge on any atom is -1.00 e. The molecule has 25 heavy (non-hydrogen) atoms. The molecule has 136 valence electrons. The monoisotopic (exact) mass is 367 g/mol. The maximum absolute atomic E-state index is 11.2. The quantitative estimate of drug-likeness (QED) is 0.437. The van der Waals surface area contributed by atoms with Crippen LogP contribution in [0.2, 0.25) is 0 Å². The molecule has 3 heterocycles. The number of likely N-dealkylation sites (N-methyl/N-ethyl adjacent to an activating group) is 1. The highest BCUT2D eigenvalue weighted by molar-refractivity contribution is 5.56. The molecule has 0 unspecified atom stereocenters. The summed E-state index contributed by atoms with van der Waals surface area (Å²) < 4.78 is 17.0. The number of quaternary nitrogens is 1. The second-order valence-electron chi connectivity index (χ2n) is 7.53. The van der Waals surface area contributed by atoms with Gasteiger partial charge in [0.1, 0.15) is 18.7 Å². The van der Waals surface area contributed by atoms with Crippen molar-refractivity contribution in [1.82, 2.24) is 0 Å². The van der Waals surface area contributed by atoms with Crippen LogP contribution in [0.25, 0.3) is 0 Å². The minimum absolute atomic E-state index is 0. The van der Waals surface area contributed by atoms with Gasteiger partial charge in [-0.1, -0.05) is 12.2 Å². The molecule has 1 fully saturated rings. The van der Waals surface area contributed by atoms with Crippen LogP contribution < -0.4 is 21.9 Å². The summed E-state index contributed by atoms with van der Waals surface area (Å²) in [5.74, 6) is 1.35. The lowest BCUT2D eigenvalue weighted by Gasteiger charge is -2.51. The van der Waals surface area contributed by atoms with Crippen LogP contribution in [0.4, 0.5) is 0 Å². The van der Waals surface area contributed by atoms with Gasteiger partial charge in [-0.15, -0.1) is 0 Å². The number of fused-ring (bicyclic) bond motifs is 2. The van der Waals surface area contributed by atoms with Crippen LogP contribution in [-0.2, 0) is 10.2 Å². The zero-order valence-electron chi connectivity index (χ0n) is 14.2. The van der Waals surface area contributed by atoms with E-state index in [0.29, 0.717) is 22.5 Å². The highest BCUT2D eigenvalue weighted by Crippen LogP contribution is 2.59. The molecule has 2 bridgehead atoms. The molecule has 1 aliphatic carbocycles. The van der Waals surface area contributed by atoms with Crippen LogP contribution in [0, 0.1) is 0 Å². The third kappa shape index (κ3) is 1.89. The zero-order chi connectivity index (χ0) is 16.7. The third-order valence-electron chi connectivity index (χ3n) is 6.57. The maximum atomic E-state index is 11.2.